The molecule has 4 fully saturated rings. The van der Waals surface area contributed by atoms with Crippen LogP contribution in [0.3, 0.4) is 0 Å². The van der Waals surface area contributed by atoms with Crippen molar-refractivity contribution in [2.75, 3.05) is 13.1 Å². The van der Waals surface area contributed by atoms with E-state index in [0.29, 0.717) is 30.7 Å². The van der Waals surface area contributed by atoms with E-state index >= 15 is 0 Å². The first kappa shape index (κ1) is 17.1. The number of phenols is 1. The van der Waals surface area contributed by atoms with E-state index in [1.807, 2.05) is 12.1 Å². The Kier molecular flexibility index (Phi) is 3.08. The molecule has 2 N–H and O–H groups in total. The van der Waals surface area contributed by atoms with Crippen LogP contribution in [-0.4, -0.2) is 47.3 Å². The maximum Gasteiger partial charge on any atom is 0.471 e. The van der Waals surface area contributed by atoms with Gasteiger partial charge in [-0.25, -0.2) is 0 Å². The Morgan fingerprint density at radius 3 is 2.89 bits per heavy atom. The third-order valence-electron chi connectivity index (χ3n) is 8.82. The fourth-order valence-corrected chi connectivity index (χ4v) is 8.26. The van der Waals surface area contributed by atoms with Crippen molar-refractivity contribution < 1.29 is 23.1 Å². The summed E-state index contributed by atoms with van der Waals surface area (Å²) in [7, 11) is 0. The van der Waals surface area contributed by atoms with Crippen LogP contribution in [0.1, 0.15) is 36.8 Å². The fraction of sp³-hybridized carbons (Fsp3) is 0.667. The van der Waals surface area contributed by atoms with Crippen LogP contribution in [0.15, 0.2) is 18.2 Å². The number of rotatable bonds is 0. The van der Waals surface area contributed by atoms with Gasteiger partial charge in [0.25, 0.3) is 0 Å². The number of piperidine rings is 1. The van der Waals surface area contributed by atoms with Gasteiger partial charge >= 0.3 is 12.1 Å². The molecule has 3 aliphatic carbocycles. The predicted molar refractivity (Wildman–Crippen MR) is 94.7 cm³/mol. The smallest absolute Gasteiger partial charge is 0.471 e. The molecule has 2 saturated heterocycles. The van der Waals surface area contributed by atoms with Crippen LogP contribution in [0.5, 0.6) is 5.75 Å². The van der Waals surface area contributed by atoms with Crippen LogP contribution >= 0.6 is 0 Å². The van der Waals surface area contributed by atoms with Crippen molar-refractivity contribution in [1.29, 1.82) is 0 Å². The molecule has 5 aliphatic rings. The molecule has 0 unspecified atom stereocenters. The van der Waals surface area contributed by atoms with E-state index in [1.54, 1.807) is 6.07 Å². The molecule has 6 rings (SSSR count). The van der Waals surface area contributed by atoms with Gasteiger partial charge in [-0.2, -0.15) is 13.2 Å². The summed E-state index contributed by atoms with van der Waals surface area (Å²) >= 11 is 0. The quantitative estimate of drug-likeness (QED) is 0.714. The van der Waals surface area contributed by atoms with Crippen molar-refractivity contribution >= 4 is 5.91 Å². The van der Waals surface area contributed by atoms with E-state index in [1.165, 1.54) is 0 Å². The standard InChI is InChI=1S/C21H23F3N2O2/c22-21(23,24)18(28)26-6-5-20-14-8-13(27)2-1-11(14)7-16(26)19(20)4-3-15-17(20)12(9-19)10-25-15/h1-2,8,12,15-17,25,27H,3-7,9-10H2/t12-,15-,16-,17-,19-,20+/m1/s1. The Morgan fingerprint density at radius 1 is 1.29 bits per heavy atom. The van der Waals surface area contributed by atoms with E-state index in [9.17, 15) is 23.1 Å². The topological polar surface area (TPSA) is 52.6 Å². The Labute approximate surface area is 161 Å². The number of phenolic OH excluding ortho intramolecular Hbond substituents is 1. The maximum absolute atomic E-state index is 13.4. The summed E-state index contributed by atoms with van der Waals surface area (Å²) < 4.78 is 40.2. The van der Waals surface area contributed by atoms with Crippen molar-refractivity contribution in [1.82, 2.24) is 10.2 Å². The highest BCUT2D eigenvalue weighted by Gasteiger charge is 2.75. The molecule has 0 aromatic heterocycles. The van der Waals surface area contributed by atoms with Crippen LogP contribution in [-0.2, 0) is 16.6 Å². The molecule has 2 aliphatic heterocycles. The van der Waals surface area contributed by atoms with Crippen molar-refractivity contribution in [3.63, 3.8) is 0 Å². The van der Waals surface area contributed by atoms with Gasteiger partial charge in [-0.3, -0.25) is 4.79 Å². The number of fused-ring (bicyclic) bond motifs is 1. The second-order valence-electron chi connectivity index (χ2n) is 9.48. The SMILES string of the molecule is O=C(N1CC[C@@]23c4cc(O)ccc4C[C@@H]1[C@]21CC[C@H]2NC[C@@H](C1)[C@H]23)C(F)(F)F. The van der Waals surface area contributed by atoms with Gasteiger partial charge in [0.05, 0.1) is 0 Å². The van der Waals surface area contributed by atoms with Gasteiger partial charge in [0.1, 0.15) is 5.75 Å². The van der Waals surface area contributed by atoms with Gasteiger partial charge in [-0.15, -0.1) is 0 Å². The van der Waals surface area contributed by atoms with E-state index in [4.69, 9.17) is 0 Å². The van der Waals surface area contributed by atoms with Crippen molar-refractivity contribution in [2.45, 2.75) is 55.8 Å². The van der Waals surface area contributed by atoms with E-state index < -0.39 is 18.1 Å². The van der Waals surface area contributed by atoms with Gasteiger partial charge in [0.15, 0.2) is 0 Å². The molecule has 2 heterocycles. The zero-order valence-electron chi connectivity index (χ0n) is 15.4. The second kappa shape index (κ2) is 5.04. The van der Waals surface area contributed by atoms with E-state index in [-0.39, 0.29) is 23.1 Å². The monoisotopic (exact) mass is 392 g/mol. The van der Waals surface area contributed by atoms with Gasteiger partial charge in [-0.1, -0.05) is 6.07 Å². The molecule has 0 radical (unpaired) electrons. The number of benzene rings is 1. The summed E-state index contributed by atoms with van der Waals surface area (Å²) in [5, 5.41) is 13.9. The van der Waals surface area contributed by atoms with E-state index in [0.717, 1.165) is 41.8 Å². The van der Waals surface area contributed by atoms with Crippen LogP contribution < -0.4 is 5.32 Å². The van der Waals surface area contributed by atoms with Gasteiger partial charge in [-0.05, 0) is 73.7 Å². The number of hydrogen-bond acceptors (Lipinski definition) is 3. The first-order valence-corrected chi connectivity index (χ1v) is 10.2. The number of aromatic hydroxyl groups is 1. The summed E-state index contributed by atoms with van der Waals surface area (Å²) in [4.78, 5) is 13.5. The molecule has 28 heavy (non-hydrogen) atoms. The number of nitrogens with zero attached hydrogens (tertiary/aromatic N) is 1. The Morgan fingerprint density at radius 2 is 2.11 bits per heavy atom. The minimum atomic E-state index is -4.83. The first-order valence-electron chi connectivity index (χ1n) is 10.2. The highest BCUT2D eigenvalue weighted by atomic mass is 19.4. The van der Waals surface area contributed by atoms with Crippen LogP contribution in [0, 0.1) is 17.3 Å². The molecule has 150 valence electrons. The molecular weight excluding hydrogens is 369 g/mol. The third-order valence-corrected chi connectivity index (χ3v) is 8.82. The number of nitrogens with one attached hydrogen (secondary N) is 1. The van der Waals surface area contributed by atoms with E-state index in [2.05, 4.69) is 5.32 Å². The average molecular weight is 392 g/mol. The fourth-order valence-electron chi connectivity index (χ4n) is 8.26. The van der Waals surface area contributed by atoms with Crippen molar-refractivity contribution in [3.8, 4) is 5.75 Å². The molecule has 1 aromatic carbocycles. The molecule has 2 saturated carbocycles. The number of halogens is 3. The molecule has 4 nitrogen and oxygen atoms in total. The predicted octanol–water partition coefficient (Wildman–Crippen LogP) is 2.74. The molecule has 1 amide bonds. The normalized spacial score (nSPS) is 42.9. The van der Waals surface area contributed by atoms with Crippen LogP contribution in [0.4, 0.5) is 13.2 Å². The zero-order valence-corrected chi connectivity index (χ0v) is 15.4. The summed E-state index contributed by atoms with van der Waals surface area (Å²) in [5.41, 5.74) is 1.61. The number of carbonyl (C=O) groups is 1. The minimum absolute atomic E-state index is 0.149. The maximum atomic E-state index is 13.4. The first-order chi connectivity index (χ1) is 13.3. The number of amides is 1. The van der Waals surface area contributed by atoms with Crippen LogP contribution in [0.2, 0.25) is 0 Å². The molecule has 6 atom stereocenters. The average Bonchev–Trinajstić information content (AvgIpc) is 3.11. The molecule has 0 spiro atoms. The minimum Gasteiger partial charge on any atom is -0.508 e. The Hall–Kier alpha value is -1.76. The highest BCUT2D eigenvalue weighted by Crippen LogP contribution is 2.74. The Balaban J connectivity index is 1.58. The highest BCUT2D eigenvalue weighted by molar-refractivity contribution is 5.83. The lowest BCUT2D eigenvalue weighted by Crippen LogP contribution is -2.71. The Bertz CT molecular complexity index is 887. The zero-order chi connectivity index (χ0) is 19.5. The molecule has 4 bridgehead atoms. The molecular formula is C21H23F3N2O2. The van der Waals surface area contributed by atoms with Crippen molar-refractivity contribution in [2.24, 2.45) is 17.3 Å². The lowest BCUT2D eigenvalue weighted by Gasteiger charge is -2.66. The number of carbonyl (C=O) groups excluding carboxylic acids is 1. The lowest BCUT2D eigenvalue weighted by molar-refractivity contribution is -0.199. The summed E-state index contributed by atoms with van der Waals surface area (Å²) in [6.45, 7) is 1.06. The number of alkyl halides is 3. The summed E-state index contributed by atoms with van der Waals surface area (Å²) in [6.07, 6.45) is -1.14. The second-order valence-corrected chi connectivity index (χ2v) is 9.48. The summed E-state index contributed by atoms with van der Waals surface area (Å²) in [6, 6.07) is 5.33. The molecule has 1 aromatic rings. The molecule has 7 heteroatoms. The number of likely N-dealkylation sites (tertiary alicyclic amines) is 1. The van der Waals surface area contributed by atoms with Gasteiger partial charge in [0.2, 0.25) is 0 Å². The van der Waals surface area contributed by atoms with Gasteiger partial charge in [0, 0.05) is 29.5 Å². The van der Waals surface area contributed by atoms with Crippen molar-refractivity contribution in [3.05, 3.63) is 29.3 Å². The lowest BCUT2D eigenvalue weighted by atomic mass is 9.43. The van der Waals surface area contributed by atoms with Crippen LogP contribution in [0.25, 0.3) is 0 Å². The van der Waals surface area contributed by atoms with Gasteiger partial charge < -0.3 is 15.3 Å². The summed E-state index contributed by atoms with van der Waals surface area (Å²) in [5.74, 6) is -0.641. The number of hydrogen-bond donors (Lipinski definition) is 2. The largest absolute Gasteiger partial charge is 0.508 e. The third kappa shape index (κ3) is 1.76.